The van der Waals surface area contributed by atoms with Gasteiger partial charge < -0.3 is 10.7 Å². The van der Waals surface area contributed by atoms with Gasteiger partial charge in [0.05, 0.1) is 29.1 Å². The molecule has 3 N–H and O–H groups in total. The van der Waals surface area contributed by atoms with E-state index in [4.69, 9.17) is 5.73 Å². The minimum atomic E-state index is -4.26. The van der Waals surface area contributed by atoms with Gasteiger partial charge in [-0.15, -0.1) is 11.8 Å². The summed E-state index contributed by atoms with van der Waals surface area (Å²) in [6, 6.07) is 3.37. The third-order valence-electron chi connectivity index (χ3n) is 3.67. The number of hydrogen-bond acceptors (Lipinski definition) is 6. The van der Waals surface area contributed by atoms with Crippen LogP contribution < -0.4 is 5.73 Å². The van der Waals surface area contributed by atoms with Crippen molar-refractivity contribution in [1.29, 1.82) is 0 Å². The zero-order valence-electron chi connectivity index (χ0n) is 14.0. The fraction of sp³-hybridized carbons (Fsp3) is 0.312. The Labute approximate surface area is 156 Å². The molecular formula is C16H16F3N5S2. The molecule has 3 rings (SSSR count). The van der Waals surface area contributed by atoms with E-state index < -0.39 is 12.6 Å². The minimum absolute atomic E-state index is 0.149. The molecule has 0 radical (unpaired) electrons. The fourth-order valence-electron chi connectivity index (χ4n) is 2.48. The van der Waals surface area contributed by atoms with E-state index in [1.54, 1.807) is 18.3 Å². The number of nitrogens with zero attached hydrogens (tertiary/aromatic N) is 3. The van der Waals surface area contributed by atoms with Gasteiger partial charge in [-0.25, -0.2) is 9.97 Å². The number of aromatic amines is 1. The number of alkyl halides is 3. The van der Waals surface area contributed by atoms with E-state index in [1.807, 2.05) is 13.2 Å². The summed E-state index contributed by atoms with van der Waals surface area (Å²) in [5.41, 5.74) is 7.22. The molecule has 0 aliphatic carbocycles. The molecular weight excluding hydrogens is 383 g/mol. The van der Waals surface area contributed by atoms with Crippen LogP contribution in [-0.2, 0) is 6.42 Å². The van der Waals surface area contributed by atoms with E-state index in [2.05, 4.69) is 19.9 Å². The Balaban J connectivity index is 1.87. The fourth-order valence-corrected chi connectivity index (χ4v) is 3.83. The van der Waals surface area contributed by atoms with Crippen LogP contribution in [0.1, 0.15) is 23.4 Å². The molecule has 0 saturated heterocycles. The number of nitrogens with one attached hydrogen (secondary N) is 1. The summed E-state index contributed by atoms with van der Waals surface area (Å²) in [5.74, 6) is 0.376. The van der Waals surface area contributed by atoms with Gasteiger partial charge in [0, 0.05) is 17.6 Å². The summed E-state index contributed by atoms with van der Waals surface area (Å²) in [5, 5.41) is 1.64. The van der Waals surface area contributed by atoms with Crippen molar-refractivity contribution >= 4 is 40.2 Å². The number of H-pyrrole nitrogens is 1. The predicted octanol–water partition coefficient (Wildman–Crippen LogP) is 4.62. The van der Waals surface area contributed by atoms with Gasteiger partial charge in [0.1, 0.15) is 10.8 Å². The molecule has 3 heterocycles. The first-order valence-electron chi connectivity index (χ1n) is 7.63. The van der Waals surface area contributed by atoms with E-state index in [-0.39, 0.29) is 10.8 Å². The van der Waals surface area contributed by atoms with Crippen molar-refractivity contribution < 1.29 is 13.2 Å². The Morgan fingerprint density at radius 2 is 2.04 bits per heavy atom. The van der Waals surface area contributed by atoms with Gasteiger partial charge in [-0.2, -0.15) is 13.2 Å². The van der Waals surface area contributed by atoms with Crippen LogP contribution in [0.25, 0.3) is 10.9 Å². The summed E-state index contributed by atoms with van der Waals surface area (Å²) >= 11 is 2.82. The lowest BCUT2D eigenvalue weighted by molar-refractivity contribution is -0.127. The first-order valence-corrected chi connectivity index (χ1v) is 9.73. The third kappa shape index (κ3) is 4.42. The smallest absolute Gasteiger partial charge is 0.384 e. The van der Waals surface area contributed by atoms with Crippen LogP contribution in [0.4, 0.5) is 19.0 Å². The second-order valence-corrected chi connectivity index (χ2v) is 7.77. The lowest BCUT2D eigenvalue weighted by Gasteiger charge is -2.11. The van der Waals surface area contributed by atoms with Crippen molar-refractivity contribution in [1.82, 2.24) is 19.9 Å². The molecule has 5 nitrogen and oxygen atoms in total. The molecule has 10 heteroatoms. The van der Waals surface area contributed by atoms with Gasteiger partial charge >= 0.3 is 6.18 Å². The lowest BCUT2D eigenvalue weighted by Crippen LogP contribution is -2.11. The van der Waals surface area contributed by atoms with Crippen LogP contribution in [0.5, 0.6) is 0 Å². The van der Waals surface area contributed by atoms with Crippen molar-refractivity contribution in [2.75, 3.05) is 12.0 Å². The van der Waals surface area contributed by atoms with Gasteiger partial charge in [-0.05, 0) is 24.8 Å². The normalized spacial score (nSPS) is 13.3. The molecule has 0 amide bonds. The molecule has 0 saturated carbocycles. The Morgan fingerprint density at radius 3 is 2.73 bits per heavy atom. The van der Waals surface area contributed by atoms with E-state index in [1.165, 1.54) is 29.7 Å². The molecule has 1 atom stereocenters. The molecule has 3 aromatic heterocycles. The first-order chi connectivity index (χ1) is 12.2. The average molecular weight is 399 g/mol. The molecule has 1 unspecified atom stereocenters. The lowest BCUT2D eigenvalue weighted by atomic mass is 10.1. The van der Waals surface area contributed by atoms with Crippen molar-refractivity contribution in [3.05, 3.63) is 35.8 Å². The standard InChI is InChI=1S/C16H16F3N5S2/c1-8(26-15-23-13(20)4-14(24-15)25-2)11-3-10-9(5-16(17,18)19)6-21-12(10)7-22-11/h3-4,6-8,21H,5H2,1-2H3,(H2,20,23,24). The Morgan fingerprint density at radius 1 is 1.27 bits per heavy atom. The molecule has 0 aromatic carbocycles. The molecule has 138 valence electrons. The molecule has 0 spiro atoms. The number of rotatable bonds is 5. The number of fused-ring (bicyclic) bond motifs is 1. The minimum Gasteiger partial charge on any atom is -0.384 e. The Bertz CT molecular complexity index is 926. The van der Waals surface area contributed by atoms with E-state index in [0.29, 0.717) is 27.6 Å². The maximum absolute atomic E-state index is 12.7. The van der Waals surface area contributed by atoms with Crippen molar-refractivity contribution in [3.8, 4) is 0 Å². The Kier molecular flexibility index (Phi) is 5.33. The Hall–Kier alpha value is -1.94. The second kappa shape index (κ2) is 7.36. The highest BCUT2D eigenvalue weighted by Crippen LogP contribution is 2.35. The second-order valence-electron chi connectivity index (χ2n) is 5.64. The van der Waals surface area contributed by atoms with E-state index in [9.17, 15) is 13.2 Å². The molecule has 0 fully saturated rings. The summed E-state index contributed by atoms with van der Waals surface area (Å²) < 4.78 is 38.2. The summed E-state index contributed by atoms with van der Waals surface area (Å²) in [7, 11) is 0. The van der Waals surface area contributed by atoms with E-state index >= 15 is 0 Å². The average Bonchev–Trinajstić information content (AvgIpc) is 2.94. The third-order valence-corrected chi connectivity index (χ3v) is 5.29. The van der Waals surface area contributed by atoms with Crippen LogP contribution in [0.3, 0.4) is 0 Å². The van der Waals surface area contributed by atoms with Gasteiger partial charge in [0.15, 0.2) is 5.16 Å². The summed E-state index contributed by atoms with van der Waals surface area (Å²) in [6.07, 6.45) is -0.415. The van der Waals surface area contributed by atoms with Gasteiger partial charge in [-0.1, -0.05) is 11.8 Å². The first kappa shape index (κ1) is 18.8. The predicted molar refractivity (Wildman–Crippen MR) is 98.4 cm³/mol. The highest BCUT2D eigenvalue weighted by atomic mass is 32.2. The molecule has 0 aliphatic heterocycles. The van der Waals surface area contributed by atoms with Gasteiger partial charge in [-0.3, -0.25) is 4.98 Å². The zero-order valence-corrected chi connectivity index (χ0v) is 15.6. The van der Waals surface area contributed by atoms with Crippen LogP contribution in [0.2, 0.25) is 0 Å². The number of aromatic nitrogens is 4. The molecule has 0 aliphatic rings. The maximum atomic E-state index is 12.7. The number of pyridine rings is 1. The van der Waals surface area contributed by atoms with Crippen LogP contribution in [-0.4, -0.2) is 32.4 Å². The number of anilines is 1. The maximum Gasteiger partial charge on any atom is 0.393 e. The summed E-state index contributed by atoms with van der Waals surface area (Å²) in [6.45, 7) is 1.90. The van der Waals surface area contributed by atoms with Crippen molar-refractivity contribution in [2.24, 2.45) is 0 Å². The van der Waals surface area contributed by atoms with Gasteiger partial charge in [0.2, 0.25) is 0 Å². The van der Waals surface area contributed by atoms with Crippen LogP contribution in [0.15, 0.2) is 34.7 Å². The quantitative estimate of drug-likeness (QED) is 0.370. The number of hydrogen-bond donors (Lipinski definition) is 2. The van der Waals surface area contributed by atoms with Crippen LogP contribution in [0, 0.1) is 0 Å². The molecule has 0 bridgehead atoms. The van der Waals surface area contributed by atoms with Crippen molar-refractivity contribution in [3.63, 3.8) is 0 Å². The monoisotopic (exact) mass is 399 g/mol. The van der Waals surface area contributed by atoms with Crippen LogP contribution >= 0.6 is 23.5 Å². The SMILES string of the molecule is CSc1cc(N)nc(SC(C)c2cc3c(CC(F)(F)F)c[nH]c3cn2)n1. The highest BCUT2D eigenvalue weighted by molar-refractivity contribution is 7.99. The van der Waals surface area contributed by atoms with Crippen molar-refractivity contribution in [2.45, 2.75) is 35.0 Å². The molecule has 26 heavy (non-hydrogen) atoms. The highest BCUT2D eigenvalue weighted by Gasteiger charge is 2.29. The van der Waals surface area contributed by atoms with Gasteiger partial charge in [0.25, 0.3) is 0 Å². The topological polar surface area (TPSA) is 80.5 Å². The summed E-state index contributed by atoms with van der Waals surface area (Å²) in [4.78, 5) is 15.8. The number of nitrogen functional groups attached to an aromatic ring is 1. The zero-order chi connectivity index (χ0) is 18.9. The molecule has 3 aromatic rings. The number of nitrogens with two attached hydrogens (primary N) is 1. The largest absolute Gasteiger partial charge is 0.393 e. The number of thioether (sulfide) groups is 2. The number of halogens is 3. The van der Waals surface area contributed by atoms with E-state index in [0.717, 1.165) is 5.03 Å².